The lowest BCUT2D eigenvalue weighted by Crippen LogP contribution is -2.17. The fourth-order valence-corrected chi connectivity index (χ4v) is 5.06. The maximum absolute atomic E-state index is 8.75. The molecule has 2 heterocycles. The van der Waals surface area contributed by atoms with Crippen LogP contribution in [0.2, 0.25) is 0 Å². The number of fused-ring (bicyclic) bond motifs is 1. The Morgan fingerprint density at radius 3 is 1.98 bits per heavy atom. The molecule has 1 aliphatic carbocycles. The SMILES string of the molecule is C#C.C#C.CC.COc1cc(CNc2nc(C)c(-c3nc4ccccc4s3)c(N)n2)cc(OC)c1.O[C@@H]1CCC[C@@H]1O. The van der Waals surface area contributed by atoms with E-state index in [1.54, 1.807) is 25.6 Å². The van der Waals surface area contributed by atoms with E-state index in [-0.39, 0.29) is 0 Å². The Balaban J connectivity index is 0.000000575. The quantitative estimate of drug-likeness (QED) is 0.209. The molecule has 9 nitrogen and oxygen atoms in total. The predicted molar refractivity (Wildman–Crippen MR) is 174 cm³/mol. The number of nitrogens with one attached hydrogen (secondary N) is 1. The first kappa shape index (κ1) is 35.7. The molecule has 10 heteroatoms. The second kappa shape index (κ2) is 18.9. The maximum Gasteiger partial charge on any atom is 0.225 e. The summed E-state index contributed by atoms with van der Waals surface area (Å²) in [4.78, 5) is 13.7. The third kappa shape index (κ3) is 9.93. The molecular weight excluding hydrogens is 550 g/mol. The molecule has 1 saturated carbocycles. The van der Waals surface area contributed by atoms with Crippen molar-refractivity contribution in [1.82, 2.24) is 15.0 Å². The number of methoxy groups -OCH3 is 2. The van der Waals surface area contributed by atoms with Gasteiger partial charge in [-0.2, -0.15) is 4.98 Å². The van der Waals surface area contributed by atoms with Gasteiger partial charge in [0.2, 0.25) is 5.95 Å². The van der Waals surface area contributed by atoms with Gasteiger partial charge < -0.3 is 30.7 Å². The molecule has 42 heavy (non-hydrogen) atoms. The van der Waals surface area contributed by atoms with Crippen LogP contribution >= 0.6 is 11.3 Å². The van der Waals surface area contributed by atoms with Gasteiger partial charge in [0.1, 0.15) is 22.3 Å². The number of benzene rings is 2. The number of nitrogens with two attached hydrogens (primary N) is 1. The van der Waals surface area contributed by atoms with Gasteiger partial charge in [-0.15, -0.1) is 37.0 Å². The molecule has 0 saturated heterocycles. The van der Waals surface area contributed by atoms with E-state index in [9.17, 15) is 0 Å². The van der Waals surface area contributed by atoms with Crippen LogP contribution in [0.15, 0.2) is 42.5 Å². The van der Waals surface area contributed by atoms with Gasteiger partial charge >= 0.3 is 0 Å². The zero-order chi connectivity index (χ0) is 31.7. The third-order valence-corrected chi connectivity index (χ3v) is 6.99. The molecule has 1 fully saturated rings. The van der Waals surface area contributed by atoms with E-state index < -0.39 is 12.2 Å². The van der Waals surface area contributed by atoms with Crippen molar-refractivity contribution < 1.29 is 19.7 Å². The second-order valence-electron chi connectivity index (χ2n) is 8.52. The molecule has 0 radical (unpaired) electrons. The van der Waals surface area contributed by atoms with E-state index in [1.807, 2.05) is 63.2 Å². The highest BCUT2D eigenvalue weighted by Gasteiger charge is 2.21. The topological polar surface area (TPSA) is 136 Å². The number of ether oxygens (including phenoxy) is 2. The van der Waals surface area contributed by atoms with Crippen LogP contribution in [0, 0.1) is 32.6 Å². The lowest BCUT2D eigenvalue weighted by atomic mass is 10.2. The number of terminal acetylenes is 2. The van der Waals surface area contributed by atoms with E-state index in [0.717, 1.165) is 62.8 Å². The van der Waals surface area contributed by atoms with Gasteiger partial charge in [-0.05, 0) is 56.0 Å². The van der Waals surface area contributed by atoms with Crippen LogP contribution in [0.3, 0.4) is 0 Å². The van der Waals surface area contributed by atoms with Crippen LogP contribution in [0.4, 0.5) is 11.8 Å². The smallest absolute Gasteiger partial charge is 0.225 e. The highest BCUT2D eigenvalue weighted by atomic mass is 32.1. The number of aliphatic hydroxyl groups is 2. The van der Waals surface area contributed by atoms with Crippen molar-refractivity contribution >= 4 is 33.3 Å². The molecule has 0 amide bonds. The molecule has 2 atom stereocenters. The molecular formula is C32H41N5O4S. The van der Waals surface area contributed by atoms with E-state index in [1.165, 1.54) is 0 Å². The monoisotopic (exact) mass is 591 g/mol. The summed E-state index contributed by atoms with van der Waals surface area (Å²) in [7, 11) is 3.25. The van der Waals surface area contributed by atoms with E-state index in [4.69, 9.17) is 25.4 Å². The summed E-state index contributed by atoms with van der Waals surface area (Å²) in [5, 5.41) is 21.5. The van der Waals surface area contributed by atoms with Crippen molar-refractivity contribution in [3.8, 4) is 47.8 Å². The van der Waals surface area contributed by atoms with Crippen molar-refractivity contribution in [2.45, 2.75) is 58.8 Å². The van der Waals surface area contributed by atoms with E-state index in [0.29, 0.717) is 18.3 Å². The first-order chi connectivity index (χ1) is 20.4. The number of thiazole rings is 1. The van der Waals surface area contributed by atoms with Gasteiger partial charge in [0.05, 0.1) is 47.9 Å². The molecule has 4 aromatic rings. The Morgan fingerprint density at radius 1 is 0.929 bits per heavy atom. The first-order valence-corrected chi connectivity index (χ1v) is 14.2. The summed E-state index contributed by atoms with van der Waals surface area (Å²) in [5.74, 6) is 2.32. The van der Waals surface area contributed by atoms with Crippen molar-refractivity contribution in [1.29, 1.82) is 0 Å². The zero-order valence-electron chi connectivity index (χ0n) is 24.9. The summed E-state index contributed by atoms with van der Waals surface area (Å²) < 4.78 is 11.7. The fraction of sp³-hybridized carbons (Fsp3) is 0.344. The van der Waals surface area contributed by atoms with Crippen LogP contribution in [-0.4, -0.2) is 51.6 Å². The van der Waals surface area contributed by atoms with E-state index in [2.05, 4.69) is 46.0 Å². The molecule has 0 spiro atoms. The minimum absolute atomic E-state index is 0.405. The average Bonchev–Trinajstić information content (AvgIpc) is 3.63. The van der Waals surface area contributed by atoms with Crippen LogP contribution < -0.4 is 20.5 Å². The molecule has 224 valence electrons. The number of aliphatic hydroxyl groups excluding tert-OH is 2. The zero-order valence-corrected chi connectivity index (χ0v) is 25.7. The molecule has 0 aliphatic heterocycles. The standard InChI is InChI=1S/C21H21N5O2S.C5H10O2.C2H6.2C2H2/c1-12-18(20-25-16-6-4-5-7-17(16)29-20)19(22)26-21(24-12)23-11-13-8-14(27-2)10-15(9-13)28-3;6-4-2-1-3-5(4)7;3*1-2/h4-10H,11H2,1-3H3,(H3,22,23,24,26);4-7H,1-3H2;1-2H3;2*1-2H/t;4-,5+;;;. The number of nitrogen functional groups attached to an aromatic ring is 1. The number of para-hydroxylation sites is 1. The number of nitrogens with zero attached hydrogens (tertiary/aromatic N) is 3. The number of rotatable bonds is 6. The summed E-state index contributed by atoms with van der Waals surface area (Å²) >= 11 is 1.58. The molecule has 2 aromatic heterocycles. The van der Waals surface area contributed by atoms with E-state index >= 15 is 0 Å². The molecule has 0 bridgehead atoms. The molecule has 1 aliphatic rings. The molecule has 5 N–H and O–H groups in total. The second-order valence-corrected chi connectivity index (χ2v) is 9.55. The van der Waals surface area contributed by atoms with Gasteiger partial charge in [-0.3, -0.25) is 0 Å². The fourth-order valence-electron chi connectivity index (χ4n) is 3.99. The molecule has 0 unspecified atom stereocenters. The summed E-state index contributed by atoms with van der Waals surface area (Å²) in [6, 6.07) is 13.7. The normalized spacial score (nSPS) is 14.7. The van der Waals surface area contributed by atoms with Gasteiger partial charge in [0.25, 0.3) is 0 Å². The van der Waals surface area contributed by atoms with Crippen molar-refractivity contribution in [3.63, 3.8) is 0 Å². The number of hydrogen-bond donors (Lipinski definition) is 4. The highest BCUT2D eigenvalue weighted by molar-refractivity contribution is 7.21. The number of aromatic nitrogens is 3. The van der Waals surface area contributed by atoms with Gasteiger partial charge in [-0.1, -0.05) is 26.0 Å². The number of aryl methyl sites for hydroxylation is 1. The van der Waals surface area contributed by atoms with Crippen molar-refractivity contribution in [3.05, 3.63) is 53.7 Å². The lowest BCUT2D eigenvalue weighted by Gasteiger charge is -2.12. The van der Waals surface area contributed by atoms with Gasteiger partial charge in [-0.25, -0.2) is 9.97 Å². The number of hydrogen-bond acceptors (Lipinski definition) is 10. The van der Waals surface area contributed by atoms with Gasteiger partial charge in [0, 0.05) is 12.6 Å². The van der Waals surface area contributed by atoms with Crippen molar-refractivity contribution in [2.24, 2.45) is 0 Å². The summed E-state index contributed by atoms with van der Waals surface area (Å²) in [6.45, 7) is 6.42. The molecule has 5 rings (SSSR count). The lowest BCUT2D eigenvalue weighted by molar-refractivity contribution is 0.0438. The predicted octanol–water partition coefficient (Wildman–Crippen LogP) is 5.69. The van der Waals surface area contributed by atoms with Crippen LogP contribution in [0.25, 0.3) is 20.8 Å². The average molecular weight is 592 g/mol. The maximum atomic E-state index is 8.75. The Bertz CT molecular complexity index is 1330. The first-order valence-electron chi connectivity index (χ1n) is 13.4. The minimum atomic E-state index is -0.431. The molecule has 2 aromatic carbocycles. The highest BCUT2D eigenvalue weighted by Crippen LogP contribution is 2.34. The number of anilines is 2. The van der Waals surface area contributed by atoms with Crippen LogP contribution in [-0.2, 0) is 6.54 Å². The largest absolute Gasteiger partial charge is 0.497 e. The Labute approximate surface area is 253 Å². The van der Waals surface area contributed by atoms with Crippen molar-refractivity contribution in [2.75, 3.05) is 25.3 Å². The summed E-state index contributed by atoms with van der Waals surface area (Å²) in [5.41, 5.74) is 9.76. The Hall–Kier alpha value is -4.35. The van der Waals surface area contributed by atoms with Crippen LogP contribution in [0.1, 0.15) is 44.4 Å². The van der Waals surface area contributed by atoms with Gasteiger partial charge in [0.15, 0.2) is 0 Å². The Kier molecular flexibility index (Phi) is 16.1. The minimum Gasteiger partial charge on any atom is -0.497 e. The third-order valence-electron chi connectivity index (χ3n) is 5.93. The summed E-state index contributed by atoms with van der Waals surface area (Å²) in [6.07, 6.45) is 17.7. The van der Waals surface area contributed by atoms with Crippen LogP contribution in [0.5, 0.6) is 11.5 Å². The Morgan fingerprint density at radius 2 is 1.50 bits per heavy atom.